The molecule has 17 heavy (non-hydrogen) atoms. The van der Waals surface area contributed by atoms with Crippen LogP contribution in [0.5, 0.6) is 0 Å². The number of carboxylic acids is 1. The molecule has 1 rings (SSSR count). The Labute approximate surface area is 98.9 Å². The van der Waals surface area contributed by atoms with Crippen molar-refractivity contribution in [2.75, 3.05) is 13.1 Å². The van der Waals surface area contributed by atoms with Crippen LogP contribution in [0.15, 0.2) is 0 Å². The van der Waals surface area contributed by atoms with Crippen LogP contribution < -0.4 is 11.1 Å². The Hall–Kier alpha value is -1.79. The second-order valence-corrected chi connectivity index (χ2v) is 4.30. The van der Waals surface area contributed by atoms with E-state index in [0.29, 0.717) is 13.0 Å². The predicted octanol–water partition coefficient (Wildman–Crippen LogP) is -0.634. The van der Waals surface area contributed by atoms with E-state index >= 15 is 0 Å². The standard InChI is InChI=1S/C10H17N3O4/c1-6-2-3-13(7(4-6)9(15)16)10(17)12-5-8(11)14/h6-7H,2-5H2,1H3,(H2,11,14)(H,12,17)(H,15,16). The normalized spacial score (nSPS) is 24.2. The number of amides is 3. The fourth-order valence-electron chi connectivity index (χ4n) is 1.88. The summed E-state index contributed by atoms with van der Waals surface area (Å²) in [6.07, 6.45) is 1.19. The number of nitrogens with two attached hydrogens (primary N) is 1. The average Bonchev–Trinajstić information content (AvgIpc) is 2.25. The number of hydrogen-bond donors (Lipinski definition) is 3. The maximum Gasteiger partial charge on any atom is 0.326 e. The van der Waals surface area contributed by atoms with Crippen molar-refractivity contribution in [3.8, 4) is 0 Å². The summed E-state index contributed by atoms with van der Waals surface area (Å²) in [5, 5.41) is 11.3. The lowest BCUT2D eigenvalue weighted by Gasteiger charge is -2.35. The number of primary amides is 1. The molecule has 0 aromatic carbocycles. The number of carboxylic acid groups (broad SMARTS) is 1. The number of nitrogens with one attached hydrogen (secondary N) is 1. The fraction of sp³-hybridized carbons (Fsp3) is 0.700. The van der Waals surface area contributed by atoms with Crippen LogP contribution in [-0.2, 0) is 9.59 Å². The largest absolute Gasteiger partial charge is 0.480 e. The molecule has 0 aliphatic carbocycles. The number of rotatable bonds is 3. The summed E-state index contributed by atoms with van der Waals surface area (Å²) in [5.74, 6) is -1.40. The number of carbonyl (C=O) groups excluding carboxylic acids is 2. The summed E-state index contributed by atoms with van der Waals surface area (Å²) in [5.41, 5.74) is 4.90. The van der Waals surface area contributed by atoms with E-state index in [-0.39, 0.29) is 12.5 Å². The highest BCUT2D eigenvalue weighted by Crippen LogP contribution is 2.22. The molecule has 96 valence electrons. The Morgan fingerprint density at radius 1 is 1.47 bits per heavy atom. The van der Waals surface area contributed by atoms with Crippen LogP contribution in [0.1, 0.15) is 19.8 Å². The predicted molar refractivity (Wildman–Crippen MR) is 59.1 cm³/mol. The Balaban J connectivity index is 2.63. The monoisotopic (exact) mass is 243 g/mol. The van der Waals surface area contributed by atoms with E-state index in [1.165, 1.54) is 4.90 Å². The number of likely N-dealkylation sites (tertiary alicyclic amines) is 1. The molecule has 0 saturated carbocycles. The smallest absolute Gasteiger partial charge is 0.326 e. The molecule has 0 aromatic rings. The maximum absolute atomic E-state index is 11.7. The zero-order valence-electron chi connectivity index (χ0n) is 9.68. The lowest BCUT2D eigenvalue weighted by molar-refractivity contribution is -0.143. The summed E-state index contributed by atoms with van der Waals surface area (Å²) in [4.78, 5) is 34.5. The summed E-state index contributed by atoms with van der Waals surface area (Å²) >= 11 is 0. The van der Waals surface area contributed by atoms with Gasteiger partial charge in [0.1, 0.15) is 6.04 Å². The van der Waals surface area contributed by atoms with Crippen molar-refractivity contribution in [3.63, 3.8) is 0 Å². The van der Waals surface area contributed by atoms with Gasteiger partial charge >= 0.3 is 12.0 Å². The minimum absolute atomic E-state index is 0.274. The van der Waals surface area contributed by atoms with E-state index in [1.54, 1.807) is 0 Å². The Kier molecular flexibility index (Phi) is 4.30. The summed E-state index contributed by atoms with van der Waals surface area (Å²) in [7, 11) is 0. The van der Waals surface area contributed by atoms with E-state index in [4.69, 9.17) is 10.8 Å². The third kappa shape index (κ3) is 3.61. The number of urea groups is 1. The maximum atomic E-state index is 11.7. The second-order valence-electron chi connectivity index (χ2n) is 4.30. The van der Waals surface area contributed by atoms with E-state index in [9.17, 15) is 14.4 Å². The number of carbonyl (C=O) groups is 3. The molecule has 0 radical (unpaired) electrons. The van der Waals surface area contributed by atoms with Crippen LogP contribution in [0.25, 0.3) is 0 Å². The highest BCUT2D eigenvalue weighted by Gasteiger charge is 2.34. The Morgan fingerprint density at radius 2 is 2.12 bits per heavy atom. The molecule has 0 aromatic heterocycles. The molecule has 1 aliphatic heterocycles. The molecule has 4 N–H and O–H groups in total. The minimum Gasteiger partial charge on any atom is -0.480 e. The van der Waals surface area contributed by atoms with Crippen molar-refractivity contribution < 1.29 is 19.5 Å². The molecule has 3 amide bonds. The Bertz CT molecular complexity index is 332. The van der Waals surface area contributed by atoms with Gasteiger partial charge < -0.3 is 21.1 Å². The van der Waals surface area contributed by atoms with Crippen molar-refractivity contribution in [3.05, 3.63) is 0 Å². The number of aliphatic carboxylic acids is 1. The molecule has 1 saturated heterocycles. The third-order valence-electron chi connectivity index (χ3n) is 2.82. The van der Waals surface area contributed by atoms with Crippen LogP contribution >= 0.6 is 0 Å². The molecule has 0 spiro atoms. The zero-order valence-corrected chi connectivity index (χ0v) is 9.68. The van der Waals surface area contributed by atoms with Crippen molar-refractivity contribution in [2.24, 2.45) is 11.7 Å². The van der Waals surface area contributed by atoms with Gasteiger partial charge in [0, 0.05) is 6.54 Å². The first kappa shape index (κ1) is 13.3. The van der Waals surface area contributed by atoms with E-state index < -0.39 is 23.9 Å². The molecule has 1 fully saturated rings. The van der Waals surface area contributed by atoms with E-state index in [2.05, 4.69) is 5.32 Å². The van der Waals surface area contributed by atoms with E-state index in [0.717, 1.165) is 6.42 Å². The van der Waals surface area contributed by atoms with Gasteiger partial charge in [-0.1, -0.05) is 6.92 Å². The van der Waals surface area contributed by atoms with Gasteiger partial charge in [-0.3, -0.25) is 4.79 Å². The van der Waals surface area contributed by atoms with Crippen molar-refractivity contribution >= 4 is 17.9 Å². The van der Waals surface area contributed by atoms with Gasteiger partial charge in [-0.15, -0.1) is 0 Å². The molecule has 0 bridgehead atoms. The molecule has 7 heteroatoms. The summed E-state index contributed by atoms with van der Waals surface area (Å²) in [6.45, 7) is 2.05. The van der Waals surface area contributed by atoms with Gasteiger partial charge in [-0.05, 0) is 18.8 Å². The van der Waals surface area contributed by atoms with Crippen molar-refractivity contribution in [2.45, 2.75) is 25.8 Å². The topological polar surface area (TPSA) is 113 Å². The number of piperidine rings is 1. The molecule has 7 nitrogen and oxygen atoms in total. The number of nitrogens with zero attached hydrogens (tertiary/aromatic N) is 1. The molecule has 1 heterocycles. The fourth-order valence-corrected chi connectivity index (χ4v) is 1.88. The summed E-state index contributed by atoms with van der Waals surface area (Å²) in [6, 6.07) is -1.38. The van der Waals surface area contributed by atoms with Gasteiger partial charge in [0.25, 0.3) is 0 Å². The highest BCUT2D eigenvalue weighted by atomic mass is 16.4. The van der Waals surface area contributed by atoms with Crippen LogP contribution in [0, 0.1) is 5.92 Å². The first-order chi connectivity index (χ1) is 7.91. The van der Waals surface area contributed by atoms with Crippen LogP contribution in [-0.4, -0.2) is 47.0 Å². The van der Waals surface area contributed by atoms with E-state index in [1.807, 2.05) is 6.92 Å². The van der Waals surface area contributed by atoms with Gasteiger partial charge in [-0.25, -0.2) is 9.59 Å². The average molecular weight is 243 g/mol. The van der Waals surface area contributed by atoms with Crippen LogP contribution in [0.4, 0.5) is 4.79 Å². The zero-order chi connectivity index (χ0) is 13.0. The van der Waals surface area contributed by atoms with Crippen LogP contribution in [0.3, 0.4) is 0 Å². The SMILES string of the molecule is CC1CCN(C(=O)NCC(N)=O)C(C(=O)O)C1. The highest BCUT2D eigenvalue weighted by molar-refractivity contribution is 5.86. The first-order valence-electron chi connectivity index (χ1n) is 5.47. The molecule has 2 unspecified atom stereocenters. The third-order valence-corrected chi connectivity index (χ3v) is 2.82. The quantitative estimate of drug-likeness (QED) is 0.612. The van der Waals surface area contributed by atoms with Crippen molar-refractivity contribution in [1.29, 1.82) is 0 Å². The second kappa shape index (κ2) is 5.51. The lowest BCUT2D eigenvalue weighted by atomic mass is 9.93. The van der Waals surface area contributed by atoms with Gasteiger partial charge in [0.15, 0.2) is 0 Å². The van der Waals surface area contributed by atoms with Gasteiger partial charge in [0.05, 0.1) is 6.54 Å². The molecular formula is C10H17N3O4. The molecular weight excluding hydrogens is 226 g/mol. The lowest BCUT2D eigenvalue weighted by Crippen LogP contribution is -2.54. The molecule has 2 atom stereocenters. The number of hydrogen-bond acceptors (Lipinski definition) is 3. The minimum atomic E-state index is -1.02. The van der Waals surface area contributed by atoms with Gasteiger partial charge in [-0.2, -0.15) is 0 Å². The first-order valence-corrected chi connectivity index (χ1v) is 5.47. The Morgan fingerprint density at radius 3 is 2.65 bits per heavy atom. The van der Waals surface area contributed by atoms with Crippen LogP contribution in [0.2, 0.25) is 0 Å². The molecule has 1 aliphatic rings. The van der Waals surface area contributed by atoms with Gasteiger partial charge in [0.2, 0.25) is 5.91 Å². The summed E-state index contributed by atoms with van der Waals surface area (Å²) < 4.78 is 0. The van der Waals surface area contributed by atoms with Crippen molar-refractivity contribution in [1.82, 2.24) is 10.2 Å².